The molecule has 2 aliphatic rings. The minimum Gasteiger partial charge on any atom is -0.457 e. The number of ether oxygens (including phenoxy) is 1. The number of carbonyl (C=O) groups excluding carboxylic acids is 2. The number of halogens is 3. The number of nitrogens with one attached hydrogen (secondary N) is 2. The van der Waals surface area contributed by atoms with Crippen LogP contribution < -0.4 is 20.3 Å². The third-order valence-electron chi connectivity index (χ3n) is 8.66. The molecule has 238 valence electrons. The number of fused-ring (bicyclic) bond motifs is 3. The van der Waals surface area contributed by atoms with Gasteiger partial charge in [0.1, 0.15) is 18.0 Å². The summed E-state index contributed by atoms with van der Waals surface area (Å²) in [6, 6.07) is 27.8. The van der Waals surface area contributed by atoms with E-state index in [1.165, 1.54) is 0 Å². The Bertz CT molecular complexity index is 1720. The molecule has 2 atom stereocenters. The summed E-state index contributed by atoms with van der Waals surface area (Å²) >= 11 is 0. The number of hydrogen-bond acceptors (Lipinski definition) is 4. The lowest BCUT2D eigenvalue weighted by Gasteiger charge is -2.26. The van der Waals surface area contributed by atoms with Crippen molar-refractivity contribution in [2.45, 2.75) is 50.7 Å². The lowest BCUT2D eigenvalue weighted by atomic mass is 9.88. The Morgan fingerprint density at radius 1 is 0.913 bits per heavy atom. The van der Waals surface area contributed by atoms with Crippen LogP contribution in [0, 0.1) is 0 Å². The van der Waals surface area contributed by atoms with Gasteiger partial charge in [-0.3, -0.25) is 9.59 Å². The molecular weight excluding hydrogens is 591 g/mol. The van der Waals surface area contributed by atoms with Gasteiger partial charge in [-0.15, -0.1) is 0 Å². The number of benzene rings is 4. The zero-order chi connectivity index (χ0) is 32.3. The van der Waals surface area contributed by atoms with E-state index in [1.54, 1.807) is 18.2 Å². The molecule has 0 saturated carbocycles. The average molecular weight is 628 g/mol. The van der Waals surface area contributed by atoms with Crippen molar-refractivity contribution in [1.29, 1.82) is 0 Å². The van der Waals surface area contributed by atoms with Crippen LogP contribution in [0.5, 0.6) is 11.5 Å². The molecule has 2 amide bonds. The van der Waals surface area contributed by atoms with Crippen LogP contribution in [0.4, 0.5) is 18.9 Å². The number of para-hydroxylation sites is 2. The van der Waals surface area contributed by atoms with E-state index >= 15 is 0 Å². The van der Waals surface area contributed by atoms with Gasteiger partial charge in [-0.05, 0) is 77.4 Å². The lowest BCUT2D eigenvalue weighted by Crippen LogP contribution is -2.38. The Hall–Kier alpha value is -4.79. The number of alkyl halides is 3. The predicted octanol–water partition coefficient (Wildman–Crippen LogP) is 7.62. The van der Waals surface area contributed by atoms with Gasteiger partial charge in [0.2, 0.25) is 5.91 Å². The fourth-order valence-electron chi connectivity index (χ4n) is 6.56. The van der Waals surface area contributed by atoms with Crippen molar-refractivity contribution < 1.29 is 27.5 Å². The van der Waals surface area contributed by atoms with E-state index in [4.69, 9.17) is 4.74 Å². The minimum absolute atomic E-state index is 0.132. The van der Waals surface area contributed by atoms with E-state index in [9.17, 15) is 22.8 Å². The zero-order valence-corrected chi connectivity index (χ0v) is 25.6. The molecule has 6 nitrogen and oxygen atoms in total. The Kier molecular flexibility index (Phi) is 9.01. The molecule has 1 aliphatic heterocycles. The number of amides is 2. The molecule has 46 heavy (non-hydrogen) atoms. The van der Waals surface area contributed by atoms with Gasteiger partial charge in [-0.2, -0.15) is 13.2 Å². The smallest absolute Gasteiger partial charge is 0.405 e. The van der Waals surface area contributed by atoms with Crippen LogP contribution in [0.1, 0.15) is 59.2 Å². The summed E-state index contributed by atoms with van der Waals surface area (Å²) in [6.07, 6.45) is -1.32. The van der Waals surface area contributed by atoms with E-state index in [1.807, 2.05) is 66.7 Å². The summed E-state index contributed by atoms with van der Waals surface area (Å²) in [7, 11) is 0. The molecule has 0 aromatic heterocycles. The second-order valence-corrected chi connectivity index (χ2v) is 11.8. The fourth-order valence-corrected chi connectivity index (χ4v) is 6.56. The van der Waals surface area contributed by atoms with Crippen LogP contribution in [0.15, 0.2) is 91.0 Å². The molecule has 9 heteroatoms. The Balaban J connectivity index is 1.26. The van der Waals surface area contributed by atoms with E-state index < -0.39 is 24.5 Å². The lowest BCUT2D eigenvalue weighted by molar-refractivity contribution is -0.138. The Morgan fingerprint density at radius 3 is 2.43 bits per heavy atom. The summed E-state index contributed by atoms with van der Waals surface area (Å²) in [4.78, 5) is 29.1. The van der Waals surface area contributed by atoms with Gasteiger partial charge in [0.05, 0.1) is 11.5 Å². The molecule has 4 aromatic rings. The highest BCUT2D eigenvalue weighted by Gasteiger charge is 2.39. The first-order chi connectivity index (χ1) is 22.2. The molecule has 2 unspecified atom stereocenters. The highest BCUT2D eigenvalue weighted by atomic mass is 19.4. The maximum Gasteiger partial charge on any atom is 0.405 e. The first-order valence-electron chi connectivity index (χ1n) is 15.7. The summed E-state index contributed by atoms with van der Waals surface area (Å²) in [5.74, 6) is -0.606. The van der Waals surface area contributed by atoms with E-state index in [0.717, 1.165) is 46.3 Å². The maximum atomic E-state index is 13.5. The fraction of sp³-hybridized carbons (Fsp3) is 0.297. The van der Waals surface area contributed by atoms with Crippen molar-refractivity contribution in [3.63, 3.8) is 0 Å². The van der Waals surface area contributed by atoms with Crippen LogP contribution in [0.3, 0.4) is 0 Å². The molecule has 0 bridgehead atoms. The maximum absolute atomic E-state index is 13.5. The van der Waals surface area contributed by atoms with Crippen molar-refractivity contribution in [1.82, 2.24) is 10.6 Å². The van der Waals surface area contributed by atoms with Crippen LogP contribution in [-0.2, 0) is 11.2 Å². The Morgan fingerprint density at radius 2 is 1.65 bits per heavy atom. The Labute approximate surface area is 266 Å². The van der Waals surface area contributed by atoms with Gasteiger partial charge in [0.15, 0.2) is 0 Å². The third-order valence-corrected chi connectivity index (χ3v) is 8.66. The number of nitrogens with zero attached hydrogens (tertiary/aromatic N) is 1. The topological polar surface area (TPSA) is 70.7 Å². The van der Waals surface area contributed by atoms with Gasteiger partial charge in [-0.25, -0.2) is 0 Å². The molecule has 1 heterocycles. The van der Waals surface area contributed by atoms with Gasteiger partial charge in [0.25, 0.3) is 5.91 Å². The summed E-state index contributed by atoms with van der Waals surface area (Å²) < 4.78 is 45.3. The minimum atomic E-state index is -4.51. The molecule has 1 saturated heterocycles. The predicted molar refractivity (Wildman–Crippen MR) is 172 cm³/mol. The van der Waals surface area contributed by atoms with Gasteiger partial charge < -0.3 is 20.3 Å². The highest BCUT2D eigenvalue weighted by molar-refractivity contribution is 5.98. The standard InChI is InChI=1S/C37H36F3N3O3/c1-2-3-13-29-31(19-18-28-26-14-7-8-15-27(26)34(33(28)29)36(45)41-23-37(38,39)40)43-21-20-24(22-43)42-35(44)30-16-9-10-17-32(30)46-25-11-5-4-6-12-25/h4-12,14-19,24,34H,2-3,13,20-23H2,1H3,(H,41,45)(H,42,44). The average Bonchev–Trinajstić information content (AvgIpc) is 3.65. The van der Waals surface area contributed by atoms with E-state index in [0.29, 0.717) is 43.0 Å². The van der Waals surface area contributed by atoms with Crippen molar-refractivity contribution in [2.24, 2.45) is 0 Å². The molecule has 2 N–H and O–H groups in total. The van der Waals surface area contributed by atoms with Crippen LogP contribution in [-0.4, -0.2) is 43.7 Å². The molecule has 6 rings (SSSR count). The van der Waals surface area contributed by atoms with Crippen LogP contribution in [0.2, 0.25) is 0 Å². The zero-order valence-electron chi connectivity index (χ0n) is 25.6. The number of hydrogen-bond donors (Lipinski definition) is 2. The molecule has 0 spiro atoms. The number of unbranched alkanes of at least 4 members (excludes halogenated alkanes) is 1. The number of rotatable bonds is 10. The van der Waals surface area contributed by atoms with Crippen molar-refractivity contribution in [3.05, 3.63) is 113 Å². The number of carbonyl (C=O) groups is 2. The van der Waals surface area contributed by atoms with E-state index in [2.05, 4.69) is 28.5 Å². The summed E-state index contributed by atoms with van der Waals surface area (Å²) in [6.45, 7) is 1.95. The van der Waals surface area contributed by atoms with Crippen LogP contribution >= 0.6 is 0 Å². The normalized spacial score (nSPS) is 16.9. The van der Waals surface area contributed by atoms with Crippen LogP contribution in [0.25, 0.3) is 11.1 Å². The van der Waals surface area contributed by atoms with Gasteiger partial charge in [-0.1, -0.05) is 74.0 Å². The summed E-state index contributed by atoms with van der Waals surface area (Å²) in [5, 5.41) is 5.32. The number of anilines is 1. The molecule has 1 aliphatic carbocycles. The molecule has 1 fully saturated rings. The van der Waals surface area contributed by atoms with E-state index in [-0.39, 0.29) is 11.9 Å². The second kappa shape index (κ2) is 13.3. The van der Waals surface area contributed by atoms with Gasteiger partial charge in [0, 0.05) is 24.8 Å². The van der Waals surface area contributed by atoms with Crippen molar-refractivity contribution >= 4 is 17.5 Å². The monoisotopic (exact) mass is 627 g/mol. The first-order valence-corrected chi connectivity index (χ1v) is 15.7. The SMILES string of the molecule is CCCCc1c(N2CCC(NC(=O)c3ccccc3Oc3ccccc3)C2)ccc2c1C(C(=O)NCC(F)(F)F)c1ccccc1-2. The molecule has 4 aromatic carbocycles. The second-order valence-electron chi connectivity index (χ2n) is 11.8. The third kappa shape index (κ3) is 6.59. The van der Waals surface area contributed by atoms with Crippen molar-refractivity contribution in [3.8, 4) is 22.6 Å². The first kappa shape index (κ1) is 31.2. The quantitative estimate of drug-likeness (QED) is 0.190. The molecule has 0 radical (unpaired) electrons. The van der Waals surface area contributed by atoms with Gasteiger partial charge >= 0.3 is 6.18 Å². The summed E-state index contributed by atoms with van der Waals surface area (Å²) in [5.41, 5.74) is 5.64. The molecular formula is C37H36F3N3O3. The largest absolute Gasteiger partial charge is 0.457 e. The highest BCUT2D eigenvalue weighted by Crippen LogP contribution is 2.49. The van der Waals surface area contributed by atoms with Crippen molar-refractivity contribution in [2.75, 3.05) is 24.5 Å².